The van der Waals surface area contributed by atoms with Gasteiger partial charge in [0.1, 0.15) is 0 Å². The Bertz CT molecular complexity index is 610. The molecule has 0 aromatic heterocycles. The summed E-state index contributed by atoms with van der Waals surface area (Å²) in [6.07, 6.45) is 20.4. The molecule has 0 aromatic carbocycles. The number of rotatable bonds is 6. The third-order valence-electron chi connectivity index (χ3n) is 11.0. The summed E-state index contributed by atoms with van der Waals surface area (Å²) in [6.45, 7) is 19.2. The highest BCUT2D eigenvalue weighted by atomic mass is 14.6. The first-order chi connectivity index (χ1) is 14.8. The van der Waals surface area contributed by atoms with Crippen molar-refractivity contribution in [2.24, 2.45) is 52.3 Å². The molecule has 4 aliphatic rings. The van der Waals surface area contributed by atoms with E-state index < -0.39 is 0 Å². The molecule has 0 saturated heterocycles. The van der Waals surface area contributed by atoms with Gasteiger partial charge in [-0.25, -0.2) is 0 Å². The third kappa shape index (κ3) is 4.71. The van der Waals surface area contributed by atoms with Gasteiger partial charge in [-0.1, -0.05) is 92.7 Å². The van der Waals surface area contributed by atoms with Crippen molar-refractivity contribution in [3.8, 4) is 0 Å². The Labute approximate surface area is 199 Å². The van der Waals surface area contributed by atoms with E-state index in [4.69, 9.17) is 0 Å². The summed E-state index contributed by atoms with van der Waals surface area (Å²) in [4.78, 5) is 0. The van der Waals surface area contributed by atoms with Gasteiger partial charge in [-0.15, -0.1) is 0 Å². The molecule has 8 atom stereocenters. The number of fused-ring (bicyclic) bond motifs is 5. The maximum Gasteiger partial charge on any atom is 0 e. The highest BCUT2D eigenvalue weighted by Crippen LogP contribution is 2.67. The second-order valence-corrected chi connectivity index (χ2v) is 12.8. The minimum atomic E-state index is 0. The topological polar surface area (TPSA) is 0 Å². The molecule has 0 N–H and O–H groups in total. The van der Waals surface area contributed by atoms with Crippen molar-refractivity contribution >= 4 is 0 Å². The SMILES string of the molecule is CC.CCC1CC[C@@]2(C)C(=CC[C@@H]3C2CC[C@@]2(C)C3CC[C@@H]2[C@H](C)CCCC(C)C)C1.[HH].[HH]. The van der Waals surface area contributed by atoms with E-state index in [0.717, 1.165) is 41.4 Å². The summed E-state index contributed by atoms with van der Waals surface area (Å²) in [5, 5.41) is 0. The first kappa shape index (κ1) is 25.4. The fourth-order valence-corrected chi connectivity index (χ4v) is 9.11. The molecule has 184 valence electrons. The molecule has 0 bridgehead atoms. The van der Waals surface area contributed by atoms with Crippen LogP contribution in [-0.4, -0.2) is 0 Å². The van der Waals surface area contributed by atoms with Gasteiger partial charge in [-0.2, -0.15) is 0 Å². The van der Waals surface area contributed by atoms with Crippen LogP contribution in [0.4, 0.5) is 0 Å². The summed E-state index contributed by atoms with van der Waals surface area (Å²) < 4.78 is 0. The Morgan fingerprint density at radius 2 is 1.71 bits per heavy atom. The van der Waals surface area contributed by atoms with Crippen LogP contribution in [0.2, 0.25) is 0 Å². The molecule has 3 fully saturated rings. The molecule has 0 aromatic rings. The summed E-state index contributed by atoms with van der Waals surface area (Å²) in [5.74, 6) is 6.78. The highest BCUT2D eigenvalue weighted by Gasteiger charge is 2.58. The molecule has 0 radical (unpaired) electrons. The zero-order valence-electron chi connectivity index (χ0n) is 22.6. The lowest BCUT2D eigenvalue weighted by molar-refractivity contribution is -0.0528. The summed E-state index contributed by atoms with van der Waals surface area (Å²) in [7, 11) is 0. The van der Waals surface area contributed by atoms with Crippen molar-refractivity contribution in [1.29, 1.82) is 0 Å². The second-order valence-electron chi connectivity index (χ2n) is 12.8. The maximum atomic E-state index is 2.77. The summed E-state index contributed by atoms with van der Waals surface area (Å²) >= 11 is 0. The van der Waals surface area contributed by atoms with E-state index in [1.165, 1.54) is 77.0 Å². The number of allylic oxidation sites excluding steroid dienone is 2. The number of hydrogen-bond acceptors (Lipinski definition) is 0. The lowest BCUT2D eigenvalue weighted by Gasteiger charge is -2.58. The lowest BCUT2D eigenvalue weighted by atomic mass is 9.46. The van der Waals surface area contributed by atoms with Crippen molar-refractivity contribution < 1.29 is 2.85 Å². The van der Waals surface area contributed by atoms with Gasteiger partial charge in [-0.05, 0) is 104 Å². The fraction of sp³-hybridized carbons (Fsp3) is 0.935. The zero-order chi connectivity index (χ0) is 22.8. The van der Waals surface area contributed by atoms with Crippen LogP contribution < -0.4 is 0 Å². The molecule has 0 aliphatic heterocycles. The standard InChI is InChI=1S/C29H50.C2H6.2H2/c1-7-22-15-17-28(5)23(19-22)11-12-24-26-14-13-25(21(4)10-8-9-20(2)3)29(26,6)18-16-27(24)28;1-2;;/h11,20-22,24-27H,7-10,12-19H2,1-6H3;1-2H3;2*1H/t21-,22?,24+,25-,26?,27?,28+,29-;;;/m1.../s1. The third-order valence-corrected chi connectivity index (χ3v) is 11.0. The first-order valence-electron chi connectivity index (χ1n) is 14.5. The van der Waals surface area contributed by atoms with Crippen molar-refractivity contribution in [3.05, 3.63) is 11.6 Å². The predicted octanol–water partition coefficient (Wildman–Crippen LogP) is 10.6. The Morgan fingerprint density at radius 1 is 0.968 bits per heavy atom. The Morgan fingerprint density at radius 3 is 2.39 bits per heavy atom. The molecular weight excluding hydrogens is 372 g/mol. The molecule has 0 amide bonds. The van der Waals surface area contributed by atoms with Gasteiger partial charge in [0.2, 0.25) is 0 Å². The van der Waals surface area contributed by atoms with Gasteiger partial charge >= 0.3 is 0 Å². The van der Waals surface area contributed by atoms with E-state index in [1.807, 2.05) is 19.4 Å². The monoisotopic (exact) mass is 432 g/mol. The summed E-state index contributed by atoms with van der Waals surface area (Å²) in [5.41, 5.74) is 3.08. The van der Waals surface area contributed by atoms with Crippen LogP contribution in [0.3, 0.4) is 0 Å². The minimum Gasteiger partial charge on any atom is -0.0845 e. The summed E-state index contributed by atoms with van der Waals surface area (Å²) in [6, 6.07) is 0. The largest absolute Gasteiger partial charge is 0.0845 e. The van der Waals surface area contributed by atoms with Crippen LogP contribution in [-0.2, 0) is 0 Å². The van der Waals surface area contributed by atoms with Gasteiger partial charge in [0.15, 0.2) is 0 Å². The van der Waals surface area contributed by atoms with Crippen molar-refractivity contribution in [3.63, 3.8) is 0 Å². The van der Waals surface area contributed by atoms with Gasteiger partial charge in [-0.3, -0.25) is 0 Å². The van der Waals surface area contributed by atoms with Crippen molar-refractivity contribution in [2.45, 2.75) is 132 Å². The maximum absolute atomic E-state index is 2.77. The van der Waals surface area contributed by atoms with E-state index in [9.17, 15) is 0 Å². The molecule has 31 heavy (non-hydrogen) atoms. The normalized spacial score (nSPS) is 42.6. The van der Waals surface area contributed by atoms with E-state index in [1.54, 1.807) is 0 Å². The van der Waals surface area contributed by atoms with Crippen LogP contribution in [0.5, 0.6) is 0 Å². The average molecular weight is 433 g/mol. The second kappa shape index (κ2) is 10.3. The van der Waals surface area contributed by atoms with Gasteiger partial charge in [0, 0.05) is 2.85 Å². The van der Waals surface area contributed by atoms with Gasteiger partial charge in [0.25, 0.3) is 0 Å². The van der Waals surface area contributed by atoms with Gasteiger partial charge < -0.3 is 0 Å². The Balaban J connectivity index is 0.00000133. The highest BCUT2D eigenvalue weighted by molar-refractivity contribution is 5.25. The van der Waals surface area contributed by atoms with Crippen molar-refractivity contribution in [1.82, 2.24) is 0 Å². The molecule has 0 heteroatoms. The minimum absolute atomic E-state index is 0. The van der Waals surface area contributed by atoms with E-state index in [-0.39, 0.29) is 2.85 Å². The molecule has 0 heterocycles. The molecular formula is C31H60. The number of hydrogen-bond donors (Lipinski definition) is 0. The van der Waals surface area contributed by atoms with E-state index in [0.29, 0.717) is 10.8 Å². The van der Waals surface area contributed by atoms with Crippen molar-refractivity contribution in [2.75, 3.05) is 0 Å². The first-order valence-corrected chi connectivity index (χ1v) is 14.5. The van der Waals surface area contributed by atoms with Crippen LogP contribution >= 0.6 is 0 Å². The molecule has 3 unspecified atom stereocenters. The smallest absolute Gasteiger partial charge is 0 e. The van der Waals surface area contributed by atoms with E-state index in [2.05, 4.69) is 47.6 Å². The quantitative estimate of drug-likeness (QED) is 0.366. The molecule has 4 rings (SSSR count). The molecule has 0 spiro atoms. The van der Waals surface area contributed by atoms with E-state index >= 15 is 0 Å². The van der Waals surface area contributed by atoms with Gasteiger partial charge in [0.05, 0.1) is 0 Å². The van der Waals surface area contributed by atoms with Crippen LogP contribution in [0.15, 0.2) is 11.6 Å². The Hall–Kier alpha value is -0.260. The average Bonchev–Trinajstić information content (AvgIpc) is 3.11. The molecule has 0 nitrogen and oxygen atoms in total. The predicted molar refractivity (Wildman–Crippen MR) is 142 cm³/mol. The lowest BCUT2D eigenvalue weighted by Crippen LogP contribution is -2.50. The van der Waals surface area contributed by atoms with Crippen LogP contribution in [0.25, 0.3) is 0 Å². The fourth-order valence-electron chi connectivity index (χ4n) is 9.11. The molecule has 4 aliphatic carbocycles. The molecule has 3 saturated carbocycles. The van der Waals surface area contributed by atoms with Crippen LogP contribution in [0, 0.1) is 52.3 Å². The van der Waals surface area contributed by atoms with Crippen LogP contribution in [0.1, 0.15) is 135 Å². The zero-order valence-corrected chi connectivity index (χ0v) is 22.6. The Kier molecular flexibility index (Phi) is 8.46.